The fraction of sp³-hybridized carbons (Fsp3) is 0.130. The minimum Gasteiger partial charge on any atom is -0.495 e. The van der Waals surface area contributed by atoms with Gasteiger partial charge >= 0.3 is 6.01 Å². The van der Waals surface area contributed by atoms with Gasteiger partial charge in [-0.2, -0.15) is 4.98 Å². The van der Waals surface area contributed by atoms with Crippen molar-refractivity contribution in [3.05, 3.63) is 76.8 Å². The summed E-state index contributed by atoms with van der Waals surface area (Å²) in [6.45, 7) is 2.01. The summed E-state index contributed by atoms with van der Waals surface area (Å²) < 4.78 is 41.2. The first-order chi connectivity index (χ1) is 15.8. The van der Waals surface area contributed by atoms with Gasteiger partial charge in [-0.25, -0.2) is 13.1 Å². The lowest BCUT2D eigenvalue weighted by molar-refractivity contribution is 0.380. The zero-order valence-electron chi connectivity index (χ0n) is 18.1. The molecule has 4 rings (SSSR count). The molecule has 4 aromatic rings. The van der Waals surface area contributed by atoms with E-state index in [2.05, 4.69) is 30.7 Å². The van der Waals surface area contributed by atoms with E-state index in [1.54, 1.807) is 41.1 Å². The van der Waals surface area contributed by atoms with E-state index in [0.29, 0.717) is 21.7 Å². The minimum absolute atomic E-state index is 0.0334. The van der Waals surface area contributed by atoms with E-state index in [9.17, 15) is 8.42 Å². The Balaban J connectivity index is 1.65. The Morgan fingerprint density at radius 2 is 1.64 bits per heavy atom. The lowest BCUT2D eigenvalue weighted by Crippen LogP contribution is -2.14. The Morgan fingerprint density at radius 1 is 0.939 bits per heavy atom. The zero-order chi connectivity index (χ0) is 23.6. The summed E-state index contributed by atoms with van der Waals surface area (Å²) in [5.74, 6) is 0.860. The van der Waals surface area contributed by atoms with E-state index in [-0.39, 0.29) is 16.7 Å². The summed E-state index contributed by atoms with van der Waals surface area (Å²) in [7, 11) is -0.939. The van der Waals surface area contributed by atoms with Gasteiger partial charge in [-0.05, 0) is 49.4 Å². The van der Waals surface area contributed by atoms with Gasteiger partial charge < -0.3 is 9.47 Å². The quantitative estimate of drug-likeness (QED) is 0.369. The van der Waals surface area contributed by atoms with Crippen LogP contribution in [0.3, 0.4) is 0 Å². The fourth-order valence-corrected chi connectivity index (χ4v) is 4.96. The van der Waals surface area contributed by atoms with E-state index >= 15 is 0 Å². The molecule has 0 unspecified atom stereocenters. The van der Waals surface area contributed by atoms with Crippen molar-refractivity contribution >= 4 is 31.6 Å². The number of anilines is 1. The molecule has 0 amide bonds. The first-order valence-corrected chi connectivity index (χ1v) is 12.1. The van der Waals surface area contributed by atoms with Gasteiger partial charge in [0.05, 0.1) is 19.9 Å². The highest BCUT2D eigenvalue weighted by Gasteiger charge is 2.20. The Hall–Kier alpha value is -3.37. The van der Waals surface area contributed by atoms with Crippen LogP contribution >= 0.6 is 15.9 Å². The molecule has 0 fully saturated rings. The van der Waals surface area contributed by atoms with E-state index in [1.807, 2.05) is 31.2 Å². The van der Waals surface area contributed by atoms with Crippen LogP contribution in [0, 0.1) is 6.92 Å². The van der Waals surface area contributed by atoms with Crippen molar-refractivity contribution in [2.24, 2.45) is 0 Å². The molecule has 0 saturated heterocycles. The van der Waals surface area contributed by atoms with Crippen molar-refractivity contribution in [3.63, 3.8) is 0 Å². The summed E-state index contributed by atoms with van der Waals surface area (Å²) in [6.07, 6.45) is 0. The number of nitrogens with zero attached hydrogens (tertiary/aromatic N) is 3. The summed E-state index contributed by atoms with van der Waals surface area (Å²) in [6, 6.07) is 19.8. The van der Waals surface area contributed by atoms with Crippen molar-refractivity contribution in [1.29, 1.82) is 0 Å². The maximum absolute atomic E-state index is 12.9. The molecule has 170 valence electrons. The third-order valence-electron chi connectivity index (χ3n) is 4.86. The van der Waals surface area contributed by atoms with E-state index in [0.717, 1.165) is 11.1 Å². The number of halogens is 1. The topological polar surface area (TPSA) is 95.3 Å². The number of hydrogen-bond donors (Lipinski definition) is 1. The van der Waals surface area contributed by atoms with Crippen LogP contribution in [-0.4, -0.2) is 37.4 Å². The van der Waals surface area contributed by atoms with Gasteiger partial charge in [-0.1, -0.05) is 45.8 Å². The molecule has 0 bridgehead atoms. The molecular formula is C23H21BrN4O4S. The Bertz CT molecular complexity index is 1390. The molecule has 0 saturated carbocycles. The lowest BCUT2D eigenvalue weighted by Gasteiger charge is -2.12. The average molecular weight is 529 g/mol. The first kappa shape index (κ1) is 22.8. The number of nitrogens with one attached hydrogen (secondary N) is 1. The van der Waals surface area contributed by atoms with Gasteiger partial charge in [-0.15, -0.1) is 5.10 Å². The molecule has 0 aliphatic rings. The van der Waals surface area contributed by atoms with Crippen molar-refractivity contribution in [1.82, 2.24) is 14.8 Å². The first-order valence-electron chi connectivity index (χ1n) is 9.85. The van der Waals surface area contributed by atoms with Crippen LogP contribution in [0.4, 0.5) is 5.69 Å². The van der Waals surface area contributed by atoms with Gasteiger partial charge in [0.1, 0.15) is 10.6 Å². The maximum atomic E-state index is 12.9. The molecule has 3 aromatic carbocycles. The minimum atomic E-state index is -3.87. The van der Waals surface area contributed by atoms with Gasteiger partial charge in [-0.3, -0.25) is 4.72 Å². The summed E-state index contributed by atoms with van der Waals surface area (Å²) in [5.41, 5.74) is 3.10. The number of rotatable bonds is 7. The third-order valence-corrected chi connectivity index (χ3v) is 6.76. The van der Waals surface area contributed by atoms with Crippen molar-refractivity contribution < 1.29 is 17.9 Å². The van der Waals surface area contributed by atoms with Gasteiger partial charge in [0.15, 0.2) is 5.82 Å². The molecule has 33 heavy (non-hydrogen) atoms. The second-order valence-corrected chi connectivity index (χ2v) is 9.71. The molecule has 0 atom stereocenters. The van der Waals surface area contributed by atoms with Gasteiger partial charge in [0.2, 0.25) is 0 Å². The van der Waals surface area contributed by atoms with Crippen LogP contribution in [0.5, 0.6) is 11.8 Å². The van der Waals surface area contributed by atoms with E-state index in [1.165, 1.54) is 20.3 Å². The van der Waals surface area contributed by atoms with Crippen LogP contribution in [0.25, 0.3) is 17.1 Å². The molecule has 10 heteroatoms. The number of benzene rings is 3. The number of aryl methyl sites for hydroxylation is 1. The molecule has 1 aromatic heterocycles. The third kappa shape index (κ3) is 4.86. The highest BCUT2D eigenvalue weighted by Crippen LogP contribution is 2.30. The van der Waals surface area contributed by atoms with Crippen LogP contribution in [0.15, 0.2) is 76.1 Å². The van der Waals surface area contributed by atoms with Crippen LogP contribution in [0.2, 0.25) is 0 Å². The number of hydrogen-bond acceptors (Lipinski definition) is 6. The Kier molecular flexibility index (Phi) is 6.39. The number of sulfonamides is 1. The largest absolute Gasteiger partial charge is 0.495 e. The summed E-state index contributed by atoms with van der Waals surface area (Å²) in [4.78, 5) is 4.49. The Morgan fingerprint density at radius 3 is 2.27 bits per heavy atom. The summed E-state index contributed by atoms with van der Waals surface area (Å²) in [5, 5.41) is 4.40. The van der Waals surface area contributed by atoms with E-state index < -0.39 is 10.0 Å². The summed E-state index contributed by atoms with van der Waals surface area (Å²) >= 11 is 3.30. The lowest BCUT2D eigenvalue weighted by atomic mass is 10.1. The monoisotopic (exact) mass is 528 g/mol. The average Bonchev–Trinajstić information content (AvgIpc) is 3.24. The second kappa shape index (κ2) is 9.24. The molecule has 1 heterocycles. The highest BCUT2D eigenvalue weighted by molar-refractivity contribution is 9.10. The van der Waals surface area contributed by atoms with Crippen molar-refractivity contribution in [2.45, 2.75) is 11.8 Å². The fourth-order valence-electron chi connectivity index (χ4n) is 3.19. The van der Waals surface area contributed by atoms with E-state index in [4.69, 9.17) is 9.47 Å². The van der Waals surface area contributed by atoms with Crippen LogP contribution in [-0.2, 0) is 10.0 Å². The molecular weight excluding hydrogens is 508 g/mol. The molecule has 0 radical (unpaired) electrons. The highest BCUT2D eigenvalue weighted by atomic mass is 79.9. The molecule has 1 N–H and O–H groups in total. The van der Waals surface area contributed by atoms with Crippen molar-refractivity contribution in [3.8, 4) is 28.8 Å². The second-order valence-electron chi connectivity index (χ2n) is 7.15. The predicted octanol–water partition coefficient (Wildman–Crippen LogP) is 4.82. The van der Waals surface area contributed by atoms with Crippen molar-refractivity contribution in [2.75, 3.05) is 18.9 Å². The van der Waals surface area contributed by atoms with Gasteiger partial charge in [0, 0.05) is 15.7 Å². The molecule has 0 aliphatic heterocycles. The van der Waals surface area contributed by atoms with Crippen LogP contribution < -0.4 is 14.2 Å². The number of methoxy groups -OCH3 is 2. The zero-order valence-corrected chi connectivity index (χ0v) is 20.5. The number of ether oxygens (including phenoxy) is 2. The van der Waals surface area contributed by atoms with Gasteiger partial charge in [0.25, 0.3) is 10.0 Å². The number of aromatic nitrogens is 3. The predicted molar refractivity (Wildman–Crippen MR) is 130 cm³/mol. The van der Waals surface area contributed by atoms with Crippen LogP contribution in [0.1, 0.15) is 5.56 Å². The SMILES string of the molecule is COc1nc(-c2ccc(C)cc2)n(-c2ccc(NS(=O)(=O)c3cc(Br)ccc3OC)cc2)n1. The standard InChI is InChI=1S/C23H21BrN4O4S/c1-15-4-6-16(7-5-15)22-25-23(32-3)26-28(22)19-11-9-18(10-12-19)27-33(29,30)21-14-17(24)8-13-20(21)31-2/h4-14,27H,1-3H3. The maximum Gasteiger partial charge on any atom is 0.336 e. The molecule has 0 aliphatic carbocycles. The molecule has 0 spiro atoms. The molecule has 8 nitrogen and oxygen atoms in total. The smallest absolute Gasteiger partial charge is 0.336 e. The Labute approximate surface area is 200 Å². The normalized spacial score (nSPS) is 11.3.